The second-order valence-corrected chi connectivity index (χ2v) is 6.03. The molecule has 2 fully saturated rings. The third kappa shape index (κ3) is 2.72. The summed E-state index contributed by atoms with van der Waals surface area (Å²) in [5.41, 5.74) is 3.64. The Labute approximate surface area is 110 Å². The highest BCUT2D eigenvalue weighted by atomic mass is 32.2. The number of primary amides is 1. The van der Waals surface area contributed by atoms with Gasteiger partial charge in [-0.15, -0.1) is 0 Å². The summed E-state index contributed by atoms with van der Waals surface area (Å²) >= 11 is 1.83. The zero-order valence-electron chi connectivity index (χ0n) is 10.3. The molecule has 2 aliphatic rings. The topological polar surface area (TPSA) is 86.9 Å². The number of carbonyl (C=O) groups excluding carboxylic acids is 2. The SMILES string of the molecule is NC(=O)C1(O)CCCN(C(=O)N2CCSCC2)C1. The number of amides is 3. The predicted octanol–water partition coefficient (Wildman–Crippen LogP) is -0.533. The molecular weight excluding hydrogens is 254 g/mol. The Kier molecular flexibility index (Phi) is 4.01. The van der Waals surface area contributed by atoms with E-state index in [0.717, 1.165) is 24.6 Å². The molecule has 0 radical (unpaired) electrons. The van der Waals surface area contributed by atoms with Crippen molar-refractivity contribution < 1.29 is 14.7 Å². The molecule has 3 amide bonds. The Morgan fingerprint density at radius 3 is 2.44 bits per heavy atom. The van der Waals surface area contributed by atoms with Gasteiger partial charge in [-0.05, 0) is 12.8 Å². The van der Waals surface area contributed by atoms with E-state index in [1.807, 2.05) is 11.8 Å². The molecule has 3 N–H and O–H groups in total. The average Bonchev–Trinajstić information content (AvgIpc) is 2.39. The summed E-state index contributed by atoms with van der Waals surface area (Å²) in [6.45, 7) is 2.06. The minimum atomic E-state index is -1.56. The molecule has 0 aromatic rings. The third-order valence-corrected chi connectivity index (χ3v) is 4.42. The van der Waals surface area contributed by atoms with Crippen molar-refractivity contribution in [1.82, 2.24) is 9.80 Å². The molecule has 1 unspecified atom stereocenters. The summed E-state index contributed by atoms with van der Waals surface area (Å²) in [5, 5.41) is 10.1. The first kappa shape index (κ1) is 13.5. The number of rotatable bonds is 1. The summed E-state index contributed by atoms with van der Waals surface area (Å²) in [5.74, 6) is 1.15. The van der Waals surface area contributed by atoms with Crippen LogP contribution in [-0.4, -0.2) is 70.1 Å². The van der Waals surface area contributed by atoms with Gasteiger partial charge in [-0.2, -0.15) is 11.8 Å². The van der Waals surface area contributed by atoms with Crippen molar-refractivity contribution in [3.05, 3.63) is 0 Å². The highest BCUT2D eigenvalue weighted by molar-refractivity contribution is 7.99. The predicted molar refractivity (Wildman–Crippen MR) is 69.2 cm³/mol. The van der Waals surface area contributed by atoms with Crippen molar-refractivity contribution in [1.29, 1.82) is 0 Å². The van der Waals surface area contributed by atoms with Gasteiger partial charge in [0.15, 0.2) is 5.60 Å². The molecule has 0 aromatic carbocycles. The van der Waals surface area contributed by atoms with E-state index in [1.165, 1.54) is 0 Å². The van der Waals surface area contributed by atoms with Crippen LogP contribution < -0.4 is 5.73 Å². The monoisotopic (exact) mass is 273 g/mol. The molecule has 7 heteroatoms. The van der Waals surface area contributed by atoms with Gasteiger partial charge in [0.1, 0.15) is 0 Å². The normalized spacial score (nSPS) is 29.2. The lowest BCUT2D eigenvalue weighted by Gasteiger charge is -2.40. The zero-order chi connectivity index (χ0) is 13.2. The number of nitrogens with zero attached hydrogens (tertiary/aromatic N) is 2. The maximum atomic E-state index is 12.2. The van der Waals surface area contributed by atoms with Gasteiger partial charge in [0.05, 0.1) is 6.54 Å². The number of thioether (sulfide) groups is 1. The number of nitrogens with two attached hydrogens (primary N) is 1. The van der Waals surface area contributed by atoms with Crippen molar-refractivity contribution in [3.63, 3.8) is 0 Å². The molecule has 0 saturated carbocycles. The summed E-state index contributed by atoms with van der Waals surface area (Å²) < 4.78 is 0. The lowest BCUT2D eigenvalue weighted by molar-refractivity contribution is -0.140. The van der Waals surface area contributed by atoms with Crippen LogP contribution in [0.15, 0.2) is 0 Å². The molecule has 2 aliphatic heterocycles. The molecule has 2 saturated heterocycles. The molecule has 0 aliphatic carbocycles. The first-order valence-electron chi connectivity index (χ1n) is 6.17. The van der Waals surface area contributed by atoms with Gasteiger partial charge < -0.3 is 20.6 Å². The van der Waals surface area contributed by atoms with Gasteiger partial charge in [0.2, 0.25) is 0 Å². The fourth-order valence-corrected chi connectivity index (χ4v) is 3.26. The summed E-state index contributed by atoms with van der Waals surface area (Å²) in [6, 6.07) is -0.0883. The quantitative estimate of drug-likeness (QED) is 0.672. The van der Waals surface area contributed by atoms with E-state index in [2.05, 4.69) is 0 Å². The van der Waals surface area contributed by atoms with Gasteiger partial charge in [0, 0.05) is 31.1 Å². The van der Waals surface area contributed by atoms with Crippen LogP contribution in [0.3, 0.4) is 0 Å². The van der Waals surface area contributed by atoms with Crippen molar-refractivity contribution in [2.45, 2.75) is 18.4 Å². The minimum Gasteiger partial charge on any atom is -0.378 e. The molecule has 2 heterocycles. The number of piperidine rings is 1. The first-order valence-corrected chi connectivity index (χ1v) is 7.32. The molecule has 0 bridgehead atoms. The number of hydrogen-bond donors (Lipinski definition) is 2. The lowest BCUT2D eigenvalue weighted by Crippen LogP contribution is -2.59. The highest BCUT2D eigenvalue weighted by Crippen LogP contribution is 2.22. The van der Waals surface area contributed by atoms with Crippen LogP contribution in [-0.2, 0) is 4.79 Å². The van der Waals surface area contributed by atoms with Crippen LogP contribution in [0.2, 0.25) is 0 Å². The maximum Gasteiger partial charge on any atom is 0.320 e. The molecule has 0 spiro atoms. The number of hydrogen-bond acceptors (Lipinski definition) is 4. The van der Waals surface area contributed by atoms with Crippen LogP contribution in [0.4, 0.5) is 4.79 Å². The second kappa shape index (κ2) is 5.36. The average molecular weight is 273 g/mol. The number of β-amino-alcohol motifs (C(OH)–C–C–N with tert-alkyl or cyclic N) is 1. The molecule has 2 rings (SSSR count). The molecule has 1 atom stereocenters. The highest BCUT2D eigenvalue weighted by Gasteiger charge is 2.41. The fourth-order valence-electron chi connectivity index (χ4n) is 2.36. The van der Waals surface area contributed by atoms with Crippen LogP contribution in [0.1, 0.15) is 12.8 Å². The van der Waals surface area contributed by atoms with E-state index >= 15 is 0 Å². The first-order chi connectivity index (χ1) is 8.53. The van der Waals surface area contributed by atoms with Crippen molar-refractivity contribution in [2.24, 2.45) is 5.73 Å². The van der Waals surface area contributed by atoms with E-state index in [4.69, 9.17) is 5.73 Å². The van der Waals surface area contributed by atoms with E-state index in [-0.39, 0.29) is 12.6 Å². The molecule has 6 nitrogen and oxygen atoms in total. The van der Waals surface area contributed by atoms with E-state index in [0.29, 0.717) is 19.4 Å². The summed E-state index contributed by atoms with van der Waals surface area (Å²) in [4.78, 5) is 26.8. The van der Waals surface area contributed by atoms with Crippen molar-refractivity contribution in [3.8, 4) is 0 Å². The van der Waals surface area contributed by atoms with Crippen LogP contribution in [0.25, 0.3) is 0 Å². The third-order valence-electron chi connectivity index (χ3n) is 3.48. The van der Waals surface area contributed by atoms with E-state index < -0.39 is 11.5 Å². The van der Waals surface area contributed by atoms with Crippen LogP contribution in [0, 0.1) is 0 Å². The van der Waals surface area contributed by atoms with Gasteiger partial charge >= 0.3 is 6.03 Å². The smallest absolute Gasteiger partial charge is 0.320 e. The van der Waals surface area contributed by atoms with E-state index in [1.54, 1.807) is 9.80 Å². The van der Waals surface area contributed by atoms with Crippen molar-refractivity contribution >= 4 is 23.7 Å². The van der Waals surface area contributed by atoms with E-state index in [9.17, 15) is 14.7 Å². The zero-order valence-corrected chi connectivity index (χ0v) is 11.1. The fraction of sp³-hybridized carbons (Fsp3) is 0.818. The van der Waals surface area contributed by atoms with Gasteiger partial charge in [0.25, 0.3) is 5.91 Å². The number of likely N-dealkylation sites (tertiary alicyclic amines) is 1. The summed E-state index contributed by atoms with van der Waals surface area (Å²) in [7, 11) is 0. The Morgan fingerprint density at radius 1 is 1.17 bits per heavy atom. The second-order valence-electron chi connectivity index (χ2n) is 4.80. The van der Waals surface area contributed by atoms with Gasteiger partial charge in [-0.3, -0.25) is 4.79 Å². The Hall–Kier alpha value is -0.950. The molecule has 0 aromatic heterocycles. The lowest BCUT2D eigenvalue weighted by atomic mass is 9.92. The maximum absolute atomic E-state index is 12.2. The molecule has 18 heavy (non-hydrogen) atoms. The Morgan fingerprint density at radius 2 is 1.83 bits per heavy atom. The Balaban J connectivity index is 1.99. The Bertz CT molecular complexity index is 346. The molecular formula is C11H19N3O3S. The number of urea groups is 1. The minimum absolute atomic E-state index is 0.0187. The van der Waals surface area contributed by atoms with Crippen molar-refractivity contribution in [2.75, 3.05) is 37.7 Å². The standard InChI is InChI=1S/C11H19N3O3S/c12-9(15)11(17)2-1-3-14(8-11)10(16)13-4-6-18-7-5-13/h17H,1-8H2,(H2,12,15). The number of carbonyl (C=O) groups is 2. The van der Waals surface area contributed by atoms with Crippen LogP contribution in [0.5, 0.6) is 0 Å². The number of aliphatic hydroxyl groups is 1. The van der Waals surface area contributed by atoms with Gasteiger partial charge in [-0.25, -0.2) is 4.79 Å². The summed E-state index contributed by atoms with van der Waals surface area (Å²) in [6.07, 6.45) is 0.940. The molecule has 102 valence electrons. The van der Waals surface area contributed by atoms with Gasteiger partial charge in [-0.1, -0.05) is 0 Å². The van der Waals surface area contributed by atoms with Crippen LogP contribution >= 0.6 is 11.8 Å². The largest absolute Gasteiger partial charge is 0.378 e.